The van der Waals surface area contributed by atoms with Gasteiger partial charge in [-0.25, -0.2) is 0 Å². The van der Waals surface area contributed by atoms with Gasteiger partial charge in [0, 0.05) is 10.6 Å². The number of carbonyl (C=O) groups is 1. The molecule has 13 heavy (non-hydrogen) atoms. The molecule has 0 aliphatic carbocycles. The van der Waals surface area contributed by atoms with Crippen molar-refractivity contribution in [1.82, 2.24) is 0 Å². The van der Waals surface area contributed by atoms with Crippen LogP contribution in [0.5, 0.6) is 0 Å². The highest BCUT2D eigenvalue weighted by Gasteiger charge is 2.02. The van der Waals surface area contributed by atoms with Crippen LogP contribution >= 0.6 is 23.4 Å². The highest BCUT2D eigenvalue weighted by atomic mass is 35.5. The van der Waals surface area contributed by atoms with Crippen molar-refractivity contribution in [3.8, 4) is 0 Å². The Labute approximate surface area is 85.4 Å². The van der Waals surface area contributed by atoms with Gasteiger partial charge in [-0.05, 0) is 18.2 Å². The van der Waals surface area contributed by atoms with Crippen LogP contribution in [0, 0.1) is 0 Å². The largest absolute Gasteiger partial charge is 0.399 e. The number of nitrogen functional groups attached to an aromatic ring is 1. The number of anilines is 1. The van der Waals surface area contributed by atoms with Crippen molar-refractivity contribution in [2.24, 2.45) is 5.73 Å². The number of rotatable bonds is 3. The first-order valence-electron chi connectivity index (χ1n) is 3.55. The van der Waals surface area contributed by atoms with Gasteiger partial charge >= 0.3 is 0 Å². The molecule has 3 nitrogen and oxygen atoms in total. The molecule has 0 radical (unpaired) electrons. The summed E-state index contributed by atoms with van der Waals surface area (Å²) in [4.78, 5) is 11.3. The van der Waals surface area contributed by atoms with E-state index < -0.39 is 0 Å². The zero-order valence-corrected chi connectivity index (χ0v) is 8.36. The summed E-state index contributed by atoms with van der Waals surface area (Å²) in [7, 11) is 0. The second-order valence-electron chi connectivity index (χ2n) is 2.44. The first kappa shape index (κ1) is 10.2. The average Bonchev–Trinajstić information content (AvgIpc) is 2.02. The van der Waals surface area contributed by atoms with Crippen LogP contribution in [0.15, 0.2) is 23.1 Å². The van der Waals surface area contributed by atoms with E-state index in [9.17, 15) is 4.79 Å². The van der Waals surface area contributed by atoms with Gasteiger partial charge in [-0.15, -0.1) is 11.8 Å². The van der Waals surface area contributed by atoms with Gasteiger partial charge in [0.15, 0.2) is 0 Å². The monoisotopic (exact) mass is 216 g/mol. The van der Waals surface area contributed by atoms with Gasteiger partial charge in [-0.3, -0.25) is 4.79 Å². The number of hydrogen-bond acceptors (Lipinski definition) is 3. The summed E-state index contributed by atoms with van der Waals surface area (Å²) in [5, 5.41) is 0.547. The fourth-order valence-electron chi connectivity index (χ4n) is 0.783. The van der Waals surface area contributed by atoms with Gasteiger partial charge in [0.05, 0.1) is 10.8 Å². The van der Waals surface area contributed by atoms with Crippen molar-refractivity contribution in [2.45, 2.75) is 4.90 Å². The van der Waals surface area contributed by atoms with Crippen LogP contribution in [0.3, 0.4) is 0 Å². The summed E-state index contributed by atoms with van der Waals surface area (Å²) in [6.07, 6.45) is 0. The van der Waals surface area contributed by atoms with Crippen molar-refractivity contribution in [3.05, 3.63) is 23.2 Å². The predicted molar refractivity (Wildman–Crippen MR) is 55.8 cm³/mol. The Kier molecular flexibility index (Phi) is 3.45. The lowest BCUT2D eigenvalue weighted by Gasteiger charge is -2.02. The Morgan fingerprint density at radius 1 is 1.54 bits per heavy atom. The van der Waals surface area contributed by atoms with Crippen LogP contribution in [-0.4, -0.2) is 11.7 Å². The van der Waals surface area contributed by atoms with E-state index in [1.165, 1.54) is 11.8 Å². The third-order valence-corrected chi connectivity index (χ3v) is 2.85. The van der Waals surface area contributed by atoms with E-state index in [4.69, 9.17) is 23.1 Å². The van der Waals surface area contributed by atoms with Crippen molar-refractivity contribution < 1.29 is 4.79 Å². The second-order valence-corrected chi connectivity index (χ2v) is 3.87. The number of carbonyl (C=O) groups excluding carboxylic acids is 1. The van der Waals surface area contributed by atoms with Crippen molar-refractivity contribution in [3.63, 3.8) is 0 Å². The second kappa shape index (κ2) is 4.39. The minimum absolute atomic E-state index is 0.226. The van der Waals surface area contributed by atoms with E-state index in [2.05, 4.69) is 0 Å². The molecule has 0 unspecified atom stereocenters. The summed E-state index contributed by atoms with van der Waals surface area (Å²) in [5.41, 5.74) is 11.1. The molecule has 0 saturated carbocycles. The number of halogens is 1. The molecule has 0 fully saturated rings. The summed E-state index contributed by atoms with van der Waals surface area (Å²) in [6.45, 7) is 0. The molecule has 1 aromatic rings. The van der Waals surface area contributed by atoms with Crippen LogP contribution in [0.1, 0.15) is 0 Å². The van der Waals surface area contributed by atoms with Crippen LogP contribution in [0.4, 0.5) is 5.69 Å². The highest BCUT2D eigenvalue weighted by molar-refractivity contribution is 8.00. The Morgan fingerprint density at radius 3 is 2.77 bits per heavy atom. The highest BCUT2D eigenvalue weighted by Crippen LogP contribution is 2.28. The fraction of sp³-hybridized carbons (Fsp3) is 0.125. The predicted octanol–water partition coefficient (Wildman–Crippen LogP) is 1.50. The molecule has 0 aromatic heterocycles. The van der Waals surface area contributed by atoms with E-state index in [1.54, 1.807) is 18.2 Å². The number of thioether (sulfide) groups is 1. The van der Waals surface area contributed by atoms with Crippen LogP contribution in [0.25, 0.3) is 0 Å². The quantitative estimate of drug-likeness (QED) is 0.594. The molecule has 1 rings (SSSR count). The summed E-state index contributed by atoms with van der Waals surface area (Å²) < 4.78 is 0. The van der Waals surface area contributed by atoms with Gasteiger partial charge in [0.25, 0.3) is 0 Å². The third kappa shape index (κ3) is 3.16. The Hall–Kier alpha value is -0.870. The minimum Gasteiger partial charge on any atom is -0.399 e. The first-order chi connectivity index (χ1) is 6.09. The maximum atomic E-state index is 10.5. The summed E-state index contributed by atoms with van der Waals surface area (Å²) >= 11 is 7.16. The molecule has 70 valence electrons. The van der Waals surface area contributed by atoms with E-state index in [-0.39, 0.29) is 11.7 Å². The summed E-state index contributed by atoms with van der Waals surface area (Å²) in [6, 6.07) is 5.14. The lowest BCUT2D eigenvalue weighted by molar-refractivity contribution is -0.115. The van der Waals surface area contributed by atoms with Gasteiger partial charge < -0.3 is 11.5 Å². The van der Waals surface area contributed by atoms with Crippen LogP contribution in [0.2, 0.25) is 5.02 Å². The molecule has 0 aliphatic heterocycles. The van der Waals surface area contributed by atoms with Crippen LogP contribution < -0.4 is 11.5 Å². The molecule has 0 saturated heterocycles. The van der Waals surface area contributed by atoms with E-state index in [0.29, 0.717) is 10.7 Å². The molecule has 0 aliphatic rings. The first-order valence-corrected chi connectivity index (χ1v) is 4.92. The van der Waals surface area contributed by atoms with Crippen molar-refractivity contribution >= 4 is 35.0 Å². The summed E-state index contributed by atoms with van der Waals surface area (Å²) in [5.74, 6) is -0.137. The maximum absolute atomic E-state index is 10.5. The maximum Gasteiger partial charge on any atom is 0.227 e. The lowest BCUT2D eigenvalue weighted by atomic mass is 10.3. The normalized spacial score (nSPS) is 9.92. The topological polar surface area (TPSA) is 69.1 Å². The van der Waals surface area contributed by atoms with Crippen LogP contribution in [-0.2, 0) is 4.79 Å². The smallest absolute Gasteiger partial charge is 0.227 e. The van der Waals surface area contributed by atoms with E-state index in [1.807, 2.05) is 0 Å². The number of primary amides is 1. The number of nitrogens with two attached hydrogens (primary N) is 2. The standard InChI is InChI=1S/C8H9ClN2OS/c9-6-3-5(10)1-2-7(6)13-4-8(11)12/h1-3H,4,10H2,(H2,11,12). The lowest BCUT2D eigenvalue weighted by Crippen LogP contribution is -2.12. The zero-order chi connectivity index (χ0) is 9.84. The molecule has 1 aromatic carbocycles. The molecule has 0 atom stereocenters. The van der Waals surface area contributed by atoms with E-state index in [0.717, 1.165) is 4.90 Å². The number of amides is 1. The van der Waals surface area contributed by atoms with E-state index >= 15 is 0 Å². The molecule has 4 N–H and O–H groups in total. The number of benzene rings is 1. The Bertz CT molecular complexity index is 330. The zero-order valence-electron chi connectivity index (χ0n) is 6.79. The molecule has 5 heteroatoms. The van der Waals surface area contributed by atoms with Gasteiger partial charge in [0.2, 0.25) is 5.91 Å². The Morgan fingerprint density at radius 2 is 2.23 bits per heavy atom. The molecule has 0 heterocycles. The molecular formula is C8H9ClN2OS. The molecule has 1 amide bonds. The van der Waals surface area contributed by atoms with Gasteiger partial charge in [-0.2, -0.15) is 0 Å². The minimum atomic E-state index is -0.363. The number of hydrogen-bond donors (Lipinski definition) is 2. The molecule has 0 bridgehead atoms. The van der Waals surface area contributed by atoms with Crippen molar-refractivity contribution in [2.75, 3.05) is 11.5 Å². The van der Waals surface area contributed by atoms with Gasteiger partial charge in [0.1, 0.15) is 0 Å². The Balaban J connectivity index is 2.72. The third-order valence-electron chi connectivity index (χ3n) is 1.33. The molecular weight excluding hydrogens is 208 g/mol. The SMILES string of the molecule is NC(=O)CSc1ccc(N)cc1Cl. The van der Waals surface area contributed by atoms with Gasteiger partial charge in [-0.1, -0.05) is 11.6 Å². The average molecular weight is 217 g/mol. The fourth-order valence-corrected chi connectivity index (χ4v) is 1.79. The van der Waals surface area contributed by atoms with Crippen molar-refractivity contribution in [1.29, 1.82) is 0 Å². The molecule has 0 spiro atoms.